The first-order valence-electron chi connectivity index (χ1n) is 9.98. The number of sulfonamides is 1. The van der Waals surface area contributed by atoms with E-state index in [1.807, 2.05) is 0 Å². The topological polar surface area (TPSA) is 87.7 Å². The lowest BCUT2D eigenvalue weighted by Gasteiger charge is -2.10. The average Bonchev–Trinajstić information content (AvgIpc) is 3.24. The van der Waals surface area contributed by atoms with Crippen LogP contribution in [0, 0.1) is 11.6 Å². The molecule has 2 N–H and O–H groups in total. The molecule has 0 saturated carbocycles. The third-order valence-corrected chi connectivity index (χ3v) is 6.83. The molecule has 0 atom stereocenters. The summed E-state index contributed by atoms with van der Waals surface area (Å²) < 4.78 is 55.9. The van der Waals surface area contributed by atoms with Gasteiger partial charge in [-0.15, -0.1) is 0 Å². The van der Waals surface area contributed by atoms with E-state index in [0.717, 1.165) is 11.6 Å². The third-order valence-electron chi connectivity index (χ3n) is 5.18. The van der Waals surface area contributed by atoms with Crippen molar-refractivity contribution in [2.75, 3.05) is 4.72 Å². The maximum Gasteiger partial charge on any atom is 0.261 e. The van der Waals surface area contributed by atoms with Crippen molar-refractivity contribution >= 4 is 38.3 Å². The van der Waals surface area contributed by atoms with Gasteiger partial charge in [0.15, 0.2) is 0 Å². The molecule has 34 heavy (non-hydrogen) atoms. The first-order chi connectivity index (χ1) is 16.3. The maximum absolute atomic E-state index is 15.1. The summed E-state index contributed by atoms with van der Waals surface area (Å²) in [5.41, 5.74) is 2.45. The second-order valence-electron chi connectivity index (χ2n) is 7.43. The number of anilines is 1. The minimum atomic E-state index is -3.92. The molecule has 170 valence electrons. The fourth-order valence-corrected chi connectivity index (χ4v) is 4.71. The summed E-state index contributed by atoms with van der Waals surface area (Å²) in [5.74, 6) is -1.02. The summed E-state index contributed by atoms with van der Waals surface area (Å²) in [6.45, 7) is 0. The van der Waals surface area contributed by atoms with Gasteiger partial charge in [-0.3, -0.25) is 4.72 Å². The fraction of sp³-hybridized carbons (Fsp3) is 0. The van der Waals surface area contributed by atoms with Crippen molar-refractivity contribution in [2.45, 2.75) is 4.90 Å². The van der Waals surface area contributed by atoms with Crippen LogP contribution in [-0.4, -0.2) is 23.4 Å². The molecule has 6 nitrogen and oxygen atoms in total. The van der Waals surface area contributed by atoms with Crippen molar-refractivity contribution in [3.05, 3.63) is 95.8 Å². The zero-order valence-corrected chi connectivity index (χ0v) is 18.8. The zero-order valence-electron chi connectivity index (χ0n) is 17.3. The van der Waals surface area contributed by atoms with Crippen LogP contribution in [0.2, 0.25) is 5.02 Å². The number of fused-ring (bicyclic) bond motifs is 1. The SMILES string of the molecule is O=S(=O)(Nc1ccc(-c2ncnc3[nH]c(-c4ccc(F)cc4)cc23)c(F)c1)c1ccc(Cl)cc1. The summed E-state index contributed by atoms with van der Waals surface area (Å²) >= 11 is 5.81. The number of benzene rings is 3. The predicted octanol–water partition coefficient (Wildman–Crippen LogP) is 6.02. The minimum absolute atomic E-state index is 0.000427. The first-order valence-corrected chi connectivity index (χ1v) is 11.8. The van der Waals surface area contributed by atoms with Crippen LogP contribution < -0.4 is 4.72 Å². The summed E-state index contributed by atoms with van der Waals surface area (Å²) in [7, 11) is -3.92. The monoisotopic (exact) mass is 496 g/mol. The van der Waals surface area contributed by atoms with Crippen LogP contribution in [0.5, 0.6) is 0 Å². The van der Waals surface area contributed by atoms with Gasteiger partial charge in [0.05, 0.1) is 16.3 Å². The largest absolute Gasteiger partial charge is 0.339 e. The maximum atomic E-state index is 15.1. The highest BCUT2D eigenvalue weighted by Gasteiger charge is 2.18. The third kappa shape index (κ3) is 4.23. The van der Waals surface area contributed by atoms with Crippen molar-refractivity contribution in [2.24, 2.45) is 0 Å². The molecule has 0 aliphatic carbocycles. The van der Waals surface area contributed by atoms with Gasteiger partial charge in [0.2, 0.25) is 0 Å². The number of H-pyrrole nitrogens is 1. The molecule has 0 bridgehead atoms. The van der Waals surface area contributed by atoms with E-state index in [1.54, 1.807) is 18.2 Å². The van der Waals surface area contributed by atoms with Crippen LogP contribution in [0.1, 0.15) is 0 Å². The van der Waals surface area contributed by atoms with Crippen LogP contribution in [-0.2, 0) is 10.0 Å². The van der Waals surface area contributed by atoms with E-state index in [4.69, 9.17) is 11.6 Å². The molecule has 3 aromatic carbocycles. The van der Waals surface area contributed by atoms with Crippen LogP contribution >= 0.6 is 11.6 Å². The van der Waals surface area contributed by atoms with Gasteiger partial charge in [-0.2, -0.15) is 0 Å². The van der Waals surface area contributed by atoms with E-state index in [-0.39, 0.29) is 22.0 Å². The number of hydrogen-bond donors (Lipinski definition) is 2. The van der Waals surface area contributed by atoms with Gasteiger partial charge in [-0.25, -0.2) is 27.2 Å². The van der Waals surface area contributed by atoms with Crippen molar-refractivity contribution in [3.63, 3.8) is 0 Å². The molecule has 0 unspecified atom stereocenters. The molecule has 5 rings (SSSR count). The smallest absolute Gasteiger partial charge is 0.261 e. The van der Waals surface area contributed by atoms with E-state index in [1.165, 1.54) is 54.9 Å². The molecule has 0 spiro atoms. The molecular formula is C24H15ClF2N4O2S. The Bertz CT molecular complexity index is 1620. The van der Waals surface area contributed by atoms with Gasteiger partial charge >= 0.3 is 0 Å². The van der Waals surface area contributed by atoms with Crippen LogP contribution in [0.15, 0.2) is 84.0 Å². The molecule has 2 aromatic heterocycles. The Hall–Kier alpha value is -3.82. The molecule has 5 aromatic rings. The number of nitrogens with one attached hydrogen (secondary N) is 2. The van der Waals surface area contributed by atoms with Crippen molar-refractivity contribution in [3.8, 4) is 22.5 Å². The van der Waals surface area contributed by atoms with E-state index in [2.05, 4.69) is 19.7 Å². The lowest BCUT2D eigenvalue weighted by atomic mass is 10.1. The Balaban J connectivity index is 1.49. The van der Waals surface area contributed by atoms with E-state index >= 15 is 4.39 Å². The number of nitrogens with zero attached hydrogens (tertiary/aromatic N) is 2. The Morgan fingerprint density at radius 2 is 1.62 bits per heavy atom. The number of aromatic nitrogens is 3. The molecule has 0 radical (unpaired) electrons. The Kier molecular flexibility index (Phi) is 5.51. The predicted molar refractivity (Wildman–Crippen MR) is 127 cm³/mol. The average molecular weight is 497 g/mol. The number of halogens is 3. The molecule has 0 aliphatic heterocycles. The van der Waals surface area contributed by atoms with Gasteiger partial charge in [-0.05, 0) is 78.4 Å². The fourth-order valence-electron chi connectivity index (χ4n) is 3.54. The summed E-state index contributed by atoms with van der Waals surface area (Å²) in [4.78, 5) is 11.6. The number of rotatable bonds is 5. The van der Waals surface area contributed by atoms with Crippen LogP contribution in [0.3, 0.4) is 0 Å². The highest BCUT2D eigenvalue weighted by molar-refractivity contribution is 7.92. The van der Waals surface area contributed by atoms with Gasteiger partial charge in [0, 0.05) is 21.7 Å². The lowest BCUT2D eigenvalue weighted by molar-refractivity contribution is 0.601. The second kappa shape index (κ2) is 8.51. The quantitative estimate of drug-likeness (QED) is 0.311. The van der Waals surface area contributed by atoms with E-state index in [0.29, 0.717) is 27.4 Å². The molecule has 10 heteroatoms. The zero-order chi connectivity index (χ0) is 23.9. The normalized spacial score (nSPS) is 11.6. The van der Waals surface area contributed by atoms with Crippen molar-refractivity contribution < 1.29 is 17.2 Å². The minimum Gasteiger partial charge on any atom is -0.339 e. The van der Waals surface area contributed by atoms with Gasteiger partial charge < -0.3 is 4.98 Å². The second-order valence-corrected chi connectivity index (χ2v) is 9.55. The van der Waals surface area contributed by atoms with Crippen molar-refractivity contribution in [1.82, 2.24) is 15.0 Å². The van der Waals surface area contributed by atoms with Crippen molar-refractivity contribution in [1.29, 1.82) is 0 Å². The Morgan fingerprint density at radius 3 is 2.32 bits per heavy atom. The van der Waals surface area contributed by atoms with E-state index in [9.17, 15) is 12.8 Å². The van der Waals surface area contributed by atoms with Crippen LogP contribution in [0.25, 0.3) is 33.5 Å². The number of hydrogen-bond acceptors (Lipinski definition) is 4. The van der Waals surface area contributed by atoms with Gasteiger partial charge in [0.1, 0.15) is 23.6 Å². The Labute approximate surface area is 198 Å². The summed E-state index contributed by atoms with van der Waals surface area (Å²) in [6, 6.07) is 17.3. The highest BCUT2D eigenvalue weighted by atomic mass is 35.5. The molecule has 2 heterocycles. The van der Waals surface area contributed by atoms with Gasteiger partial charge in [0.25, 0.3) is 10.0 Å². The molecule has 0 fully saturated rings. The number of aromatic amines is 1. The molecule has 0 aliphatic rings. The molecular weight excluding hydrogens is 482 g/mol. The standard InChI is InChI=1S/C24H15ClF2N4O2S/c25-15-3-8-18(9-4-15)34(32,33)31-17-7-10-19(21(27)11-17)23-20-12-22(30-24(20)29-13-28-23)14-1-5-16(26)6-2-14/h1-13,31H,(H,28,29,30). The Morgan fingerprint density at radius 1 is 0.882 bits per heavy atom. The highest BCUT2D eigenvalue weighted by Crippen LogP contribution is 2.32. The summed E-state index contributed by atoms with van der Waals surface area (Å²) in [5, 5.41) is 0.966. The molecule has 0 saturated heterocycles. The van der Waals surface area contributed by atoms with Gasteiger partial charge in [-0.1, -0.05) is 11.6 Å². The first kappa shape index (κ1) is 22.0. The van der Waals surface area contributed by atoms with Crippen LogP contribution in [0.4, 0.5) is 14.5 Å². The summed E-state index contributed by atoms with van der Waals surface area (Å²) in [6.07, 6.45) is 1.30. The van der Waals surface area contributed by atoms with E-state index < -0.39 is 15.8 Å². The molecule has 0 amide bonds. The lowest BCUT2D eigenvalue weighted by Crippen LogP contribution is -2.13.